The maximum absolute atomic E-state index is 13.3. The van der Waals surface area contributed by atoms with E-state index >= 15 is 0 Å². The molecule has 186 valence electrons. The molecule has 0 N–H and O–H groups in total. The third-order valence-electron chi connectivity index (χ3n) is 6.56. The zero-order valence-electron chi connectivity index (χ0n) is 20.2. The highest BCUT2D eigenvalue weighted by molar-refractivity contribution is 5.77. The Labute approximate surface area is 207 Å². The summed E-state index contributed by atoms with van der Waals surface area (Å²) in [6.07, 6.45) is 1.66. The van der Waals surface area contributed by atoms with Gasteiger partial charge in [-0.05, 0) is 43.3 Å². The van der Waals surface area contributed by atoms with Crippen LogP contribution < -0.4 is 15.2 Å². The van der Waals surface area contributed by atoms with E-state index in [1.54, 1.807) is 26.2 Å². The van der Waals surface area contributed by atoms with Gasteiger partial charge in [0.25, 0.3) is 5.56 Å². The Hall–Kier alpha value is -4.21. The first-order valence-electron chi connectivity index (χ1n) is 11.8. The molecule has 0 radical (unpaired) electrons. The normalized spacial score (nSPS) is 13.9. The van der Waals surface area contributed by atoms with Gasteiger partial charge in [-0.3, -0.25) is 14.2 Å². The molecule has 0 bridgehead atoms. The van der Waals surface area contributed by atoms with E-state index in [4.69, 9.17) is 4.74 Å². The van der Waals surface area contributed by atoms with Crippen molar-refractivity contribution in [3.63, 3.8) is 0 Å². The van der Waals surface area contributed by atoms with Crippen molar-refractivity contribution in [2.24, 2.45) is 0 Å². The number of nitrogens with zero attached hydrogens (tertiary/aromatic N) is 6. The van der Waals surface area contributed by atoms with Gasteiger partial charge in [0.1, 0.15) is 22.8 Å². The lowest BCUT2D eigenvalue weighted by atomic mass is 10.2. The molecular weight excluding hydrogens is 463 g/mol. The molecule has 0 saturated carbocycles. The van der Waals surface area contributed by atoms with Gasteiger partial charge < -0.3 is 14.5 Å². The van der Waals surface area contributed by atoms with Crippen LogP contribution >= 0.6 is 0 Å². The van der Waals surface area contributed by atoms with Crippen LogP contribution in [0.3, 0.4) is 0 Å². The van der Waals surface area contributed by atoms with Crippen LogP contribution in [0.4, 0.5) is 10.1 Å². The SMILES string of the molecule is COc1ccccc1N1CCN(C(=O)CCn2c(C)nc3c(cnn3-c3ccc(F)cc3)c2=O)CC1. The molecule has 1 amide bonds. The van der Waals surface area contributed by atoms with Crippen molar-refractivity contribution in [1.82, 2.24) is 24.2 Å². The van der Waals surface area contributed by atoms with Gasteiger partial charge >= 0.3 is 0 Å². The number of carbonyl (C=O) groups excluding carboxylic acids is 1. The third-order valence-corrected chi connectivity index (χ3v) is 6.56. The molecular formula is C26H27FN6O3. The highest BCUT2D eigenvalue weighted by Gasteiger charge is 2.23. The molecule has 1 aliphatic heterocycles. The van der Waals surface area contributed by atoms with Gasteiger partial charge in [0.15, 0.2) is 5.65 Å². The molecule has 0 unspecified atom stereocenters. The van der Waals surface area contributed by atoms with Crippen molar-refractivity contribution >= 4 is 22.6 Å². The minimum Gasteiger partial charge on any atom is -0.495 e. The standard InChI is InChI=1S/C26H27FN6O3/c1-18-29-25-21(17-28-33(25)20-9-7-19(27)8-10-20)26(35)32(18)12-11-24(34)31-15-13-30(14-16-31)22-5-3-4-6-23(22)36-2/h3-10,17H,11-16H2,1-2H3. The first-order chi connectivity index (χ1) is 17.5. The van der Waals surface area contributed by atoms with Crippen LogP contribution in [0.25, 0.3) is 16.7 Å². The Morgan fingerprint density at radius 1 is 1.06 bits per heavy atom. The van der Waals surface area contributed by atoms with E-state index in [1.807, 2.05) is 29.2 Å². The maximum Gasteiger partial charge on any atom is 0.264 e. The minimum absolute atomic E-state index is 0.00285. The lowest BCUT2D eigenvalue weighted by molar-refractivity contribution is -0.131. The number of methoxy groups -OCH3 is 1. The van der Waals surface area contributed by atoms with Crippen molar-refractivity contribution in [3.8, 4) is 11.4 Å². The first kappa shape index (κ1) is 23.5. The summed E-state index contributed by atoms with van der Waals surface area (Å²) in [7, 11) is 1.66. The molecule has 10 heteroatoms. The Morgan fingerprint density at radius 2 is 1.78 bits per heavy atom. The minimum atomic E-state index is -0.354. The second-order valence-corrected chi connectivity index (χ2v) is 8.68. The number of fused-ring (bicyclic) bond motifs is 1. The topological polar surface area (TPSA) is 85.5 Å². The van der Waals surface area contributed by atoms with E-state index < -0.39 is 0 Å². The molecule has 5 rings (SSSR count). The zero-order valence-corrected chi connectivity index (χ0v) is 20.2. The van der Waals surface area contributed by atoms with Crippen molar-refractivity contribution in [2.75, 3.05) is 38.2 Å². The number of amides is 1. The Kier molecular flexibility index (Phi) is 6.41. The number of carbonyl (C=O) groups is 1. The molecule has 0 spiro atoms. The van der Waals surface area contributed by atoms with Gasteiger partial charge in [-0.2, -0.15) is 5.10 Å². The summed E-state index contributed by atoms with van der Waals surface area (Å²) in [6.45, 7) is 4.60. The number of anilines is 1. The summed E-state index contributed by atoms with van der Waals surface area (Å²) in [5.41, 5.74) is 1.78. The van der Waals surface area contributed by atoms with Crippen LogP contribution in [0, 0.1) is 12.7 Å². The number of hydrogen-bond acceptors (Lipinski definition) is 6. The smallest absolute Gasteiger partial charge is 0.264 e. The fraction of sp³-hybridized carbons (Fsp3) is 0.308. The number of hydrogen-bond donors (Lipinski definition) is 0. The van der Waals surface area contributed by atoms with Gasteiger partial charge in [0.2, 0.25) is 5.91 Å². The van der Waals surface area contributed by atoms with Gasteiger partial charge in [0.05, 0.1) is 24.7 Å². The van der Waals surface area contributed by atoms with Crippen molar-refractivity contribution < 1.29 is 13.9 Å². The summed E-state index contributed by atoms with van der Waals surface area (Å²) in [6, 6.07) is 13.7. The van der Waals surface area contributed by atoms with Crippen LogP contribution in [-0.4, -0.2) is 63.4 Å². The number of ether oxygens (including phenoxy) is 1. The quantitative estimate of drug-likeness (QED) is 0.413. The van der Waals surface area contributed by atoms with Crippen molar-refractivity contribution in [2.45, 2.75) is 19.9 Å². The van der Waals surface area contributed by atoms with E-state index in [0.29, 0.717) is 48.7 Å². The number of para-hydroxylation sites is 2. The molecule has 3 heterocycles. The van der Waals surface area contributed by atoms with Crippen LogP contribution in [0.1, 0.15) is 12.2 Å². The Bertz CT molecular complexity index is 1460. The monoisotopic (exact) mass is 490 g/mol. The van der Waals surface area contributed by atoms with Gasteiger partial charge in [-0.25, -0.2) is 14.1 Å². The lowest BCUT2D eigenvalue weighted by Crippen LogP contribution is -2.49. The third kappa shape index (κ3) is 4.41. The van der Waals surface area contributed by atoms with E-state index in [9.17, 15) is 14.0 Å². The van der Waals surface area contributed by atoms with Crippen LogP contribution in [-0.2, 0) is 11.3 Å². The molecule has 36 heavy (non-hydrogen) atoms. The molecule has 2 aromatic carbocycles. The van der Waals surface area contributed by atoms with E-state index in [-0.39, 0.29) is 30.2 Å². The average molecular weight is 491 g/mol. The summed E-state index contributed by atoms with van der Waals surface area (Å²) >= 11 is 0. The number of aromatic nitrogens is 4. The number of piperazine rings is 1. The van der Waals surface area contributed by atoms with Gasteiger partial charge in [-0.15, -0.1) is 0 Å². The zero-order chi connectivity index (χ0) is 25.2. The second-order valence-electron chi connectivity index (χ2n) is 8.68. The fourth-order valence-electron chi connectivity index (χ4n) is 4.59. The molecule has 1 fully saturated rings. The van der Waals surface area contributed by atoms with Crippen molar-refractivity contribution in [3.05, 3.63) is 76.7 Å². The van der Waals surface area contributed by atoms with Crippen LogP contribution in [0.2, 0.25) is 0 Å². The molecule has 1 aliphatic rings. The van der Waals surface area contributed by atoms with E-state index in [0.717, 1.165) is 11.4 Å². The molecule has 0 atom stereocenters. The number of rotatable bonds is 6. The summed E-state index contributed by atoms with van der Waals surface area (Å²) < 4.78 is 21.8. The number of halogens is 1. The largest absolute Gasteiger partial charge is 0.495 e. The second kappa shape index (κ2) is 9.80. The average Bonchev–Trinajstić information content (AvgIpc) is 3.32. The predicted molar refractivity (Wildman–Crippen MR) is 134 cm³/mol. The summed E-state index contributed by atoms with van der Waals surface area (Å²) in [5, 5.41) is 4.63. The fourth-order valence-corrected chi connectivity index (χ4v) is 4.59. The Morgan fingerprint density at radius 3 is 2.50 bits per heavy atom. The van der Waals surface area contributed by atoms with Gasteiger partial charge in [0, 0.05) is 39.1 Å². The highest BCUT2D eigenvalue weighted by Crippen LogP contribution is 2.28. The van der Waals surface area contributed by atoms with Crippen LogP contribution in [0.5, 0.6) is 5.75 Å². The van der Waals surface area contributed by atoms with E-state index in [1.165, 1.54) is 27.6 Å². The first-order valence-corrected chi connectivity index (χ1v) is 11.8. The van der Waals surface area contributed by atoms with E-state index in [2.05, 4.69) is 15.0 Å². The lowest BCUT2D eigenvalue weighted by Gasteiger charge is -2.36. The summed E-state index contributed by atoms with van der Waals surface area (Å²) in [4.78, 5) is 34.7. The molecule has 9 nitrogen and oxygen atoms in total. The Balaban J connectivity index is 1.26. The predicted octanol–water partition coefficient (Wildman–Crippen LogP) is 2.78. The molecule has 2 aromatic heterocycles. The maximum atomic E-state index is 13.3. The molecule has 0 aliphatic carbocycles. The summed E-state index contributed by atoms with van der Waals surface area (Å²) in [5.74, 6) is 0.957. The number of aryl methyl sites for hydroxylation is 1. The number of benzene rings is 2. The van der Waals surface area contributed by atoms with Gasteiger partial charge in [-0.1, -0.05) is 12.1 Å². The highest BCUT2D eigenvalue weighted by atomic mass is 19.1. The van der Waals surface area contributed by atoms with Crippen LogP contribution in [0.15, 0.2) is 59.5 Å². The molecule has 1 saturated heterocycles. The van der Waals surface area contributed by atoms with Crippen molar-refractivity contribution in [1.29, 1.82) is 0 Å². The molecule has 4 aromatic rings.